The largest absolute Gasteiger partial charge is 0.495 e. The van der Waals surface area contributed by atoms with E-state index in [0.29, 0.717) is 33.6 Å². The summed E-state index contributed by atoms with van der Waals surface area (Å²) in [5.41, 5.74) is 1.74. The third-order valence-electron chi connectivity index (χ3n) is 3.68. The summed E-state index contributed by atoms with van der Waals surface area (Å²) in [5, 5.41) is 24.0. The van der Waals surface area contributed by atoms with Crippen molar-refractivity contribution in [2.45, 2.75) is 10.8 Å². The Morgan fingerprint density at radius 1 is 1.31 bits per heavy atom. The summed E-state index contributed by atoms with van der Waals surface area (Å²) in [5.74, 6) is 1.13. The zero-order valence-corrected chi connectivity index (χ0v) is 17.7. The SMILES string of the molecule is COc1ccccc1Nc1nnc(SCCC(=O)Nc2ccc(C#N)c(Cl)c2)s1. The number of benzene rings is 2. The molecule has 1 heterocycles. The highest BCUT2D eigenvalue weighted by Crippen LogP contribution is 2.31. The molecule has 7 nitrogen and oxygen atoms in total. The molecule has 148 valence electrons. The minimum atomic E-state index is -0.143. The van der Waals surface area contributed by atoms with Gasteiger partial charge in [0, 0.05) is 17.9 Å². The highest BCUT2D eigenvalue weighted by atomic mass is 35.5. The number of hydrogen-bond acceptors (Lipinski definition) is 8. The Balaban J connectivity index is 1.48. The molecule has 0 atom stereocenters. The third kappa shape index (κ3) is 5.84. The molecule has 2 aromatic carbocycles. The molecule has 10 heteroatoms. The number of halogens is 1. The third-order valence-corrected chi connectivity index (χ3v) is 5.97. The van der Waals surface area contributed by atoms with E-state index in [1.165, 1.54) is 23.1 Å². The van der Waals surface area contributed by atoms with Crippen molar-refractivity contribution < 1.29 is 9.53 Å². The van der Waals surface area contributed by atoms with Gasteiger partial charge in [-0.1, -0.05) is 46.8 Å². The number of anilines is 3. The average Bonchev–Trinajstić information content (AvgIpc) is 3.16. The average molecular weight is 446 g/mol. The Hall–Kier alpha value is -2.80. The lowest BCUT2D eigenvalue weighted by Crippen LogP contribution is -2.12. The number of hydrogen-bond donors (Lipinski definition) is 2. The maximum Gasteiger partial charge on any atom is 0.225 e. The van der Waals surface area contributed by atoms with Gasteiger partial charge < -0.3 is 15.4 Å². The summed E-state index contributed by atoms with van der Waals surface area (Å²) in [6.07, 6.45) is 0.303. The van der Waals surface area contributed by atoms with E-state index in [1.54, 1.807) is 25.3 Å². The van der Waals surface area contributed by atoms with Gasteiger partial charge in [-0.2, -0.15) is 5.26 Å². The lowest BCUT2D eigenvalue weighted by molar-refractivity contribution is -0.115. The van der Waals surface area contributed by atoms with E-state index in [-0.39, 0.29) is 5.91 Å². The zero-order chi connectivity index (χ0) is 20.6. The van der Waals surface area contributed by atoms with Crippen molar-refractivity contribution in [3.63, 3.8) is 0 Å². The minimum absolute atomic E-state index is 0.143. The normalized spacial score (nSPS) is 10.2. The number of methoxy groups -OCH3 is 1. The van der Waals surface area contributed by atoms with Gasteiger partial charge in [0.15, 0.2) is 4.34 Å². The van der Waals surface area contributed by atoms with Gasteiger partial charge in [-0.25, -0.2) is 0 Å². The molecule has 0 spiro atoms. The summed E-state index contributed by atoms with van der Waals surface area (Å²) in [4.78, 5) is 12.1. The Morgan fingerprint density at radius 3 is 2.90 bits per heavy atom. The molecule has 0 radical (unpaired) electrons. The van der Waals surface area contributed by atoms with Crippen LogP contribution in [-0.2, 0) is 4.79 Å². The summed E-state index contributed by atoms with van der Waals surface area (Å²) in [6.45, 7) is 0. The predicted molar refractivity (Wildman–Crippen MR) is 116 cm³/mol. The number of carbonyl (C=O) groups is 1. The van der Waals surface area contributed by atoms with Crippen LogP contribution >= 0.6 is 34.7 Å². The molecule has 0 aliphatic carbocycles. The molecule has 1 aromatic heterocycles. The van der Waals surface area contributed by atoms with Crippen LogP contribution < -0.4 is 15.4 Å². The van der Waals surface area contributed by atoms with E-state index in [2.05, 4.69) is 20.8 Å². The second-order valence-corrected chi connectivity index (χ2v) is 8.38. The number of aromatic nitrogens is 2. The quantitative estimate of drug-likeness (QED) is 0.474. The number of carbonyl (C=O) groups excluding carboxylic acids is 1. The summed E-state index contributed by atoms with van der Waals surface area (Å²) < 4.78 is 6.07. The minimum Gasteiger partial charge on any atom is -0.495 e. The van der Waals surface area contributed by atoms with Gasteiger partial charge in [-0.15, -0.1) is 10.2 Å². The smallest absolute Gasteiger partial charge is 0.225 e. The predicted octanol–water partition coefficient (Wildman–Crippen LogP) is 4.94. The number of nitrogens with zero attached hydrogens (tertiary/aromatic N) is 3. The second kappa shape index (κ2) is 10.1. The van der Waals surface area contributed by atoms with E-state index in [9.17, 15) is 4.79 Å². The van der Waals surface area contributed by atoms with Crippen LogP contribution in [0.15, 0.2) is 46.8 Å². The van der Waals surface area contributed by atoms with Crippen molar-refractivity contribution in [1.82, 2.24) is 10.2 Å². The molecule has 3 rings (SSSR count). The molecule has 0 fully saturated rings. The highest BCUT2D eigenvalue weighted by Gasteiger charge is 2.10. The fraction of sp³-hybridized carbons (Fsp3) is 0.158. The van der Waals surface area contributed by atoms with Crippen LogP contribution in [0.4, 0.5) is 16.5 Å². The van der Waals surface area contributed by atoms with Crippen LogP contribution in [0, 0.1) is 11.3 Å². The van der Waals surface area contributed by atoms with Crippen molar-refractivity contribution in [3.8, 4) is 11.8 Å². The van der Waals surface area contributed by atoms with Crippen LogP contribution in [0.1, 0.15) is 12.0 Å². The van der Waals surface area contributed by atoms with E-state index >= 15 is 0 Å². The van der Waals surface area contributed by atoms with E-state index in [0.717, 1.165) is 15.8 Å². The molecule has 3 aromatic rings. The van der Waals surface area contributed by atoms with Crippen molar-refractivity contribution in [2.24, 2.45) is 0 Å². The monoisotopic (exact) mass is 445 g/mol. The van der Waals surface area contributed by atoms with Gasteiger partial charge >= 0.3 is 0 Å². The summed E-state index contributed by atoms with van der Waals surface area (Å²) >= 11 is 8.83. The van der Waals surface area contributed by atoms with Gasteiger partial charge in [-0.05, 0) is 30.3 Å². The summed E-state index contributed by atoms with van der Waals surface area (Å²) in [7, 11) is 1.61. The van der Waals surface area contributed by atoms with Crippen molar-refractivity contribution >= 4 is 57.1 Å². The Kier molecular flexibility index (Phi) is 7.30. The Labute approximate surface area is 181 Å². The number of ether oxygens (including phenoxy) is 1. The molecular formula is C19H16ClN5O2S2. The van der Waals surface area contributed by atoms with Gasteiger partial charge in [0.1, 0.15) is 11.8 Å². The second-order valence-electron chi connectivity index (χ2n) is 5.65. The van der Waals surface area contributed by atoms with Crippen molar-refractivity contribution in [3.05, 3.63) is 53.1 Å². The first-order chi connectivity index (χ1) is 14.1. The fourth-order valence-electron chi connectivity index (χ4n) is 2.32. The van der Waals surface area contributed by atoms with Crippen molar-refractivity contribution in [2.75, 3.05) is 23.5 Å². The van der Waals surface area contributed by atoms with E-state index in [4.69, 9.17) is 21.6 Å². The molecule has 1 amide bonds. The van der Waals surface area contributed by atoms with Gasteiger partial charge in [-0.3, -0.25) is 4.79 Å². The maximum atomic E-state index is 12.1. The lowest BCUT2D eigenvalue weighted by Gasteiger charge is -2.07. The number of nitriles is 1. The standard InChI is InChI=1S/C19H16ClN5O2S2/c1-27-16-5-3-2-4-15(16)23-18-24-25-19(29-18)28-9-8-17(26)22-13-7-6-12(11-21)14(20)10-13/h2-7,10H,8-9H2,1H3,(H,22,26)(H,23,24). The molecule has 0 saturated heterocycles. The molecule has 0 aliphatic heterocycles. The molecule has 29 heavy (non-hydrogen) atoms. The molecule has 0 bridgehead atoms. The van der Waals surface area contributed by atoms with E-state index < -0.39 is 0 Å². The molecule has 0 aliphatic rings. The maximum absolute atomic E-state index is 12.1. The Bertz CT molecular complexity index is 1050. The number of nitrogens with one attached hydrogen (secondary N) is 2. The number of amides is 1. The first-order valence-electron chi connectivity index (χ1n) is 8.45. The van der Waals surface area contributed by atoms with Crippen LogP contribution in [0.2, 0.25) is 5.02 Å². The number of rotatable bonds is 8. The molecule has 0 saturated carbocycles. The first-order valence-corrected chi connectivity index (χ1v) is 10.6. The zero-order valence-electron chi connectivity index (χ0n) is 15.3. The van der Waals surface area contributed by atoms with Gasteiger partial charge in [0.2, 0.25) is 11.0 Å². The van der Waals surface area contributed by atoms with Gasteiger partial charge in [0.25, 0.3) is 0 Å². The molecule has 0 unspecified atom stereocenters. The molecular weight excluding hydrogens is 430 g/mol. The molecule has 2 N–H and O–H groups in total. The van der Waals surface area contributed by atoms with E-state index in [1.807, 2.05) is 30.3 Å². The van der Waals surface area contributed by atoms with Crippen LogP contribution in [0.5, 0.6) is 5.75 Å². The summed E-state index contributed by atoms with van der Waals surface area (Å²) in [6, 6.07) is 14.3. The number of para-hydroxylation sites is 2. The van der Waals surface area contributed by atoms with Crippen LogP contribution in [0.3, 0.4) is 0 Å². The highest BCUT2D eigenvalue weighted by molar-refractivity contribution is 8.01. The van der Waals surface area contributed by atoms with Crippen LogP contribution in [-0.4, -0.2) is 29.0 Å². The van der Waals surface area contributed by atoms with Crippen molar-refractivity contribution in [1.29, 1.82) is 5.26 Å². The topological polar surface area (TPSA) is 99.9 Å². The lowest BCUT2D eigenvalue weighted by atomic mass is 10.2. The van der Waals surface area contributed by atoms with Crippen LogP contribution in [0.25, 0.3) is 0 Å². The Morgan fingerprint density at radius 2 is 2.14 bits per heavy atom. The first kappa shape index (κ1) is 20.9. The number of thioether (sulfide) groups is 1. The fourth-order valence-corrected chi connectivity index (χ4v) is 4.32. The van der Waals surface area contributed by atoms with Gasteiger partial charge in [0.05, 0.1) is 23.4 Å².